The van der Waals surface area contributed by atoms with Crippen LogP contribution >= 0.6 is 0 Å². The molecule has 20 heavy (non-hydrogen) atoms. The quantitative estimate of drug-likeness (QED) is 0.903. The zero-order chi connectivity index (χ0) is 14.7. The summed E-state index contributed by atoms with van der Waals surface area (Å²) in [5.74, 6) is -0.445. The second-order valence-corrected chi connectivity index (χ2v) is 4.78. The van der Waals surface area contributed by atoms with E-state index in [4.69, 9.17) is 0 Å². The number of hydrogen-bond donors (Lipinski definition) is 2. The van der Waals surface area contributed by atoms with Crippen LogP contribution in [0.15, 0.2) is 36.4 Å². The number of amides is 1. The van der Waals surface area contributed by atoms with Gasteiger partial charge in [-0.15, -0.1) is 0 Å². The summed E-state index contributed by atoms with van der Waals surface area (Å²) in [5.41, 5.74) is 2.36. The molecular formula is C16H16FNO2. The second kappa shape index (κ2) is 5.74. The van der Waals surface area contributed by atoms with Crippen LogP contribution < -0.4 is 5.32 Å². The maximum absolute atomic E-state index is 13.5. The van der Waals surface area contributed by atoms with Crippen LogP contribution in [-0.4, -0.2) is 11.0 Å². The summed E-state index contributed by atoms with van der Waals surface area (Å²) >= 11 is 0. The molecule has 0 saturated carbocycles. The highest BCUT2D eigenvalue weighted by Crippen LogP contribution is 2.15. The number of carbonyl (C=O) groups is 1. The molecule has 3 nitrogen and oxygen atoms in total. The molecule has 0 radical (unpaired) electrons. The highest BCUT2D eigenvalue weighted by molar-refractivity contribution is 5.94. The minimum Gasteiger partial charge on any atom is -0.508 e. The number of aromatic hydroxyl groups is 1. The molecule has 0 saturated heterocycles. The molecule has 2 aromatic carbocycles. The van der Waals surface area contributed by atoms with E-state index in [2.05, 4.69) is 5.32 Å². The molecule has 2 aromatic rings. The molecule has 0 spiro atoms. The van der Waals surface area contributed by atoms with Crippen LogP contribution in [0.5, 0.6) is 5.75 Å². The topological polar surface area (TPSA) is 49.3 Å². The first-order chi connectivity index (χ1) is 9.47. The number of benzene rings is 2. The second-order valence-electron chi connectivity index (χ2n) is 4.78. The first-order valence-electron chi connectivity index (χ1n) is 6.30. The molecule has 0 fully saturated rings. The van der Waals surface area contributed by atoms with Crippen molar-refractivity contribution in [3.63, 3.8) is 0 Å². The van der Waals surface area contributed by atoms with E-state index in [0.717, 1.165) is 5.56 Å². The van der Waals surface area contributed by atoms with Crippen LogP contribution in [0.2, 0.25) is 0 Å². The van der Waals surface area contributed by atoms with Gasteiger partial charge in [-0.05, 0) is 48.7 Å². The van der Waals surface area contributed by atoms with E-state index < -0.39 is 0 Å². The smallest absolute Gasteiger partial charge is 0.251 e. The minimum atomic E-state index is -0.277. The molecule has 0 heterocycles. The van der Waals surface area contributed by atoms with Crippen molar-refractivity contribution in [2.24, 2.45) is 0 Å². The molecule has 4 heteroatoms. The van der Waals surface area contributed by atoms with E-state index in [1.165, 1.54) is 12.1 Å². The average molecular weight is 273 g/mol. The van der Waals surface area contributed by atoms with Gasteiger partial charge in [-0.2, -0.15) is 0 Å². The lowest BCUT2D eigenvalue weighted by atomic mass is 10.1. The Morgan fingerprint density at radius 1 is 1.20 bits per heavy atom. The van der Waals surface area contributed by atoms with Gasteiger partial charge in [0.1, 0.15) is 11.6 Å². The monoisotopic (exact) mass is 273 g/mol. The zero-order valence-corrected chi connectivity index (χ0v) is 11.4. The number of hydrogen-bond acceptors (Lipinski definition) is 2. The third kappa shape index (κ3) is 3.15. The fourth-order valence-corrected chi connectivity index (χ4v) is 2.07. The van der Waals surface area contributed by atoms with Crippen LogP contribution in [0, 0.1) is 19.7 Å². The Hall–Kier alpha value is -2.36. The number of phenols is 1. The third-order valence-electron chi connectivity index (χ3n) is 3.06. The number of phenolic OH excluding ortho intramolecular Hbond substituents is 1. The lowest BCUT2D eigenvalue weighted by Gasteiger charge is -2.09. The molecule has 0 unspecified atom stereocenters. The number of aryl methyl sites for hydroxylation is 2. The molecule has 0 atom stereocenters. The molecular weight excluding hydrogens is 257 g/mol. The van der Waals surface area contributed by atoms with Gasteiger partial charge in [0.05, 0.1) is 0 Å². The summed E-state index contributed by atoms with van der Waals surface area (Å²) in [6.45, 7) is 3.71. The number of nitrogens with one attached hydrogen (secondary N) is 1. The molecule has 2 N–H and O–H groups in total. The summed E-state index contributed by atoms with van der Waals surface area (Å²) in [5, 5.41) is 12.1. The Labute approximate surface area is 117 Å². The van der Waals surface area contributed by atoms with Gasteiger partial charge >= 0.3 is 0 Å². The zero-order valence-electron chi connectivity index (χ0n) is 11.4. The Bertz CT molecular complexity index is 630. The Morgan fingerprint density at radius 2 is 1.85 bits per heavy atom. The van der Waals surface area contributed by atoms with E-state index in [1.807, 2.05) is 0 Å². The van der Waals surface area contributed by atoms with E-state index in [1.54, 1.807) is 38.1 Å². The lowest BCUT2D eigenvalue weighted by molar-refractivity contribution is 0.0950. The SMILES string of the molecule is Cc1cc(CNC(=O)c2cccc(O)c2)cc(C)c1F. The van der Waals surface area contributed by atoms with Gasteiger partial charge in [-0.1, -0.05) is 18.2 Å². The maximum Gasteiger partial charge on any atom is 0.251 e. The van der Waals surface area contributed by atoms with Crippen LogP contribution in [-0.2, 0) is 6.54 Å². The van der Waals surface area contributed by atoms with E-state index in [0.29, 0.717) is 23.2 Å². The van der Waals surface area contributed by atoms with Crippen LogP contribution in [0.25, 0.3) is 0 Å². The van der Waals surface area contributed by atoms with Crippen molar-refractivity contribution in [2.45, 2.75) is 20.4 Å². The van der Waals surface area contributed by atoms with Gasteiger partial charge in [0.25, 0.3) is 5.91 Å². The Morgan fingerprint density at radius 3 is 2.45 bits per heavy atom. The van der Waals surface area contributed by atoms with Crippen LogP contribution in [0.1, 0.15) is 27.0 Å². The standard InChI is InChI=1S/C16H16FNO2/c1-10-6-12(7-11(2)15(10)17)9-18-16(20)13-4-3-5-14(19)8-13/h3-8,19H,9H2,1-2H3,(H,18,20). The van der Waals surface area contributed by atoms with E-state index in [-0.39, 0.29) is 17.5 Å². The summed E-state index contributed by atoms with van der Waals surface area (Å²) in [7, 11) is 0. The Kier molecular flexibility index (Phi) is 4.03. The highest BCUT2D eigenvalue weighted by Gasteiger charge is 2.08. The number of rotatable bonds is 3. The molecule has 1 amide bonds. The summed E-state index contributed by atoms with van der Waals surface area (Å²) in [6, 6.07) is 9.56. The fourth-order valence-electron chi connectivity index (χ4n) is 2.07. The summed E-state index contributed by atoms with van der Waals surface area (Å²) < 4.78 is 13.5. The fraction of sp³-hybridized carbons (Fsp3) is 0.188. The summed E-state index contributed by atoms with van der Waals surface area (Å²) in [4.78, 5) is 11.9. The predicted molar refractivity (Wildman–Crippen MR) is 75.2 cm³/mol. The first-order valence-corrected chi connectivity index (χ1v) is 6.30. The largest absolute Gasteiger partial charge is 0.508 e. The van der Waals surface area contributed by atoms with Gasteiger partial charge in [-0.25, -0.2) is 4.39 Å². The van der Waals surface area contributed by atoms with Gasteiger partial charge in [0, 0.05) is 12.1 Å². The number of carbonyl (C=O) groups excluding carboxylic acids is 1. The molecule has 0 aliphatic carbocycles. The van der Waals surface area contributed by atoms with Crippen molar-refractivity contribution in [3.8, 4) is 5.75 Å². The molecule has 0 aromatic heterocycles. The van der Waals surface area contributed by atoms with Gasteiger partial charge in [0.15, 0.2) is 0 Å². The van der Waals surface area contributed by atoms with Crippen molar-refractivity contribution < 1.29 is 14.3 Å². The lowest BCUT2D eigenvalue weighted by Crippen LogP contribution is -2.22. The molecule has 0 bridgehead atoms. The molecule has 0 aliphatic rings. The molecule has 104 valence electrons. The van der Waals surface area contributed by atoms with Gasteiger partial charge in [0.2, 0.25) is 0 Å². The van der Waals surface area contributed by atoms with E-state index >= 15 is 0 Å². The third-order valence-corrected chi connectivity index (χ3v) is 3.06. The first kappa shape index (κ1) is 14.1. The van der Waals surface area contributed by atoms with Gasteiger partial charge < -0.3 is 10.4 Å². The molecule has 0 aliphatic heterocycles. The molecule has 2 rings (SSSR count). The van der Waals surface area contributed by atoms with Crippen molar-refractivity contribution >= 4 is 5.91 Å². The van der Waals surface area contributed by atoms with Crippen LogP contribution in [0.4, 0.5) is 4.39 Å². The highest BCUT2D eigenvalue weighted by atomic mass is 19.1. The maximum atomic E-state index is 13.5. The van der Waals surface area contributed by atoms with Crippen molar-refractivity contribution in [2.75, 3.05) is 0 Å². The number of halogens is 1. The average Bonchev–Trinajstić information content (AvgIpc) is 2.42. The Balaban J connectivity index is 2.07. The normalized spacial score (nSPS) is 10.3. The summed E-state index contributed by atoms with van der Waals surface area (Å²) in [6.07, 6.45) is 0. The van der Waals surface area contributed by atoms with E-state index in [9.17, 15) is 14.3 Å². The van der Waals surface area contributed by atoms with Gasteiger partial charge in [-0.3, -0.25) is 4.79 Å². The minimum absolute atomic E-state index is 0.0473. The van der Waals surface area contributed by atoms with Crippen LogP contribution in [0.3, 0.4) is 0 Å². The predicted octanol–water partition coefficient (Wildman–Crippen LogP) is 3.08. The van der Waals surface area contributed by atoms with Crippen molar-refractivity contribution in [1.29, 1.82) is 0 Å². The van der Waals surface area contributed by atoms with Crippen molar-refractivity contribution in [1.82, 2.24) is 5.32 Å². The van der Waals surface area contributed by atoms with Crippen molar-refractivity contribution in [3.05, 3.63) is 64.5 Å².